The highest BCUT2D eigenvalue weighted by molar-refractivity contribution is 5.82. The molecule has 0 saturated carbocycles. The van der Waals surface area contributed by atoms with Crippen molar-refractivity contribution in [2.45, 2.75) is 18.4 Å². The maximum absolute atomic E-state index is 12.3. The number of benzene rings is 2. The van der Waals surface area contributed by atoms with Crippen molar-refractivity contribution in [3.8, 4) is 11.5 Å². The summed E-state index contributed by atoms with van der Waals surface area (Å²) in [6, 6.07) is 15.0. The van der Waals surface area contributed by atoms with Crippen molar-refractivity contribution in [2.75, 3.05) is 20.8 Å². The van der Waals surface area contributed by atoms with Crippen LogP contribution in [-0.2, 0) is 22.4 Å². The van der Waals surface area contributed by atoms with Gasteiger partial charge in [-0.2, -0.15) is 0 Å². The van der Waals surface area contributed by atoms with Gasteiger partial charge in [0.2, 0.25) is 0 Å². The highest BCUT2D eigenvalue weighted by Crippen LogP contribution is 2.34. The van der Waals surface area contributed by atoms with Crippen molar-refractivity contribution in [3.05, 3.63) is 59.7 Å². The van der Waals surface area contributed by atoms with E-state index in [0.717, 1.165) is 16.9 Å². The fourth-order valence-corrected chi connectivity index (χ4v) is 3.23. The Balaban J connectivity index is 1.82. The van der Waals surface area contributed by atoms with Gasteiger partial charge in [0.15, 0.2) is 5.60 Å². The Morgan fingerprint density at radius 3 is 2.32 bits per heavy atom. The van der Waals surface area contributed by atoms with Crippen LogP contribution in [0.25, 0.3) is 0 Å². The molecule has 2 aromatic rings. The Kier molecular flexibility index (Phi) is 4.95. The molecule has 132 valence electrons. The topological polar surface area (TPSA) is 65.0 Å². The molecular weight excluding hydrogens is 320 g/mol. The molecule has 0 aliphatic carbocycles. The molecule has 1 aliphatic heterocycles. The van der Waals surface area contributed by atoms with Gasteiger partial charge in [0, 0.05) is 12.3 Å². The molecule has 0 radical (unpaired) electrons. The standard InChI is InChI=1S/C20H22O5/c1-23-17-7-3-5-14(10-17)9-16-13-25-19(21)20(16,22)12-15-6-4-8-18(11-15)24-2/h3-8,10-11,16,22H,9,12-13H2,1-2H3/t16-,20-/m0/s1. The van der Waals surface area contributed by atoms with Crippen molar-refractivity contribution in [2.24, 2.45) is 5.92 Å². The molecule has 0 spiro atoms. The lowest BCUT2D eigenvalue weighted by Crippen LogP contribution is -2.44. The summed E-state index contributed by atoms with van der Waals surface area (Å²) in [6.07, 6.45) is 0.723. The number of ether oxygens (including phenoxy) is 3. The second-order valence-corrected chi connectivity index (χ2v) is 6.30. The van der Waals surface area contributed by atoms with Crippen LogP contribution in [0.15, 0.2) is 48.5 Å². The summed E-state index contributed by atoms with van der Waals surface area (Å²) in [5, 5.41) is 11.1. The second kappa shape index (κ2) is 7.15. The lowest BCUT2D eigenvalue weighted by molar-refractivity contribution is -0.154. The van der Waals surface area contributed by atoms with Crippen LogP contribution in [0.2, 0.25) is 0 Å². The number of carbonyl (C=O) groups is 1. The number of hydrogen-bond acceptors (Lipinski definition) is 5. The first-order chi connectivity index (χ1) is 12.0. The van der Waals surface area contributed by atoms with E-state index in [1.807, 2.05) is 48.5 Å². The van der Waals surface area contributed by atoms with Crippen LogP contribution >= 0.6 is 0 Å². The molecule has 25 heavy (non-hydrogen) atoms. The molecule has 3 rings (SSSR count). The van der Waals surface area contributed by atoms with Gasteiger partial charge in [0.05, 0.1) is 20.8 Å². The summed E-state index contributed by atoms with van der Waals surface area (Å²) in [7, 11) is 3.20. The van der Waals surface area contributed by atoms with Crippen molar-refractivity contribution < 1.29 is 24.1 Å². The van der Waals surface area contributed by atoms with E-state index in [9.17, 15) is 9.90 Å². The van der Waals surface area contributed by atoms with Gasteiger partial charge in [-0.25, -0.2) is 4.79 Å². The molecule has 0 amide bonds. The lowest BCUT2D eigenvalue weighted by Gasteiger charge is -2.25. The van der Waals surface area contributed by atoms with E-state index in [4.69, 9.17) is 14.2 Å². The molecule has 1 heterocycles. The van der Waals surface area contributed by atoms with Crippen LogP contribution in [0, 0.1) is 5.92 Å². The van der Waals surface area contributed by atoms with Crippen molar-refractivity contribution in [3.63, 3.8) is 0 Å². The number of cyclic esters (lactones) is 1. The summed E-state index contributed by atoms with van der Waals surface area (Å²) >= 11 is 0. The van der Waals surface area contributed by atoms with Crippen molar-refractivity contribution >= 4 is 5.97 Å². The normalized spacial score (nSPS) is 22.5. The third-order valence-electron chi connectivity index (χ3n) is 4.67. The maximum atomic E-state index is 12.3. The number of esters is 1. The van der Waals surface area contributed by atoms with Gasteiger partial charge in [-0.3, -0.25) is 0 Å². The summed E-state index contributed by atoms with van der Waals surface area (Å²) in [5.41, 5.74) is 0.276. The van der Waals surface area contributed by atoms with Gasteiger partial charge in [-0.1, -0.05) is 24.3 Å². The van der Waals surface area contributed by atoms with E-state index in [1.54, 1.807) is 14.2 Å². The van der Waals surface area contributed by atoms with Gasteiger partial charge >= 0.3 is 5.97 Å². The smallest absolute Gasteiger partial charge is 0.338 e. The van der Waals surface area contributed by atoms with Crippen LogP contribution in [0.5, 0.6) is 11.5 Å². The van der Waals surface area contributed by atoms with Crippen LogP contribution in [-0.4, -0.2) is 37.5 Å². The Bertz CT molecular complexity index is 757. The monoisotopic (exact) mass is 342 g/mol. The summed E-state index contributed by atoms with van der Waals surface area (Å²) < 4.78 is 15.6. The minimum atomic E-state index is -1.55. The molecule has 1 saturated heterocycles. The lowest BCUT2D eigenvalue weighted by atomic mass is 9.81. The van der Waals surface area contributed by atoms with Gasteiger partial charge in [0.25, 0.3) is 0 Å². The van der Waals surface area contributed by atoms with E-state index < -0.39 is 11.6 Å². The number of rotatable bonds is 6. The zero-order valence-corrected chi connectivity index (χ0v) is 14.4. The average molecular weight is 342 g/mol. The first-order valence-corrected chi connectivity index (χ1v) is 8.20. The van der Waals surface area contributed by atoms with E-state index in [2.05, 4.69) is 0 Å². The molecule has 0 unspecified atom stereocenters. The largest absolute Gasteiger partial charge is 0.497 e. The van der Waals surface area contributed by atoms with Gasteiger partial charge < -0.3 is 19.3 Å². The molecule has 1 aliphatic rings. The van der Waals surface area contributed by atoms with E-state index >= 15 is 0 Å². The van der Waals surface area contributed by atoms with Crippen LogP contribution in [0.1, 0.15) is 11.1 Å². The predicted molar refractivity (Wildman–Crippen MR) is 92.8 cm³/mol. The van der Waals surface area contributed by atoms with Crippen LogP contribution in [0.3, 0.4) is 0 Å². The number of hydrogen-bond donors (Lipinski definition) is 1. The zero-order chi connectivity index (χ0) is 17.9. The van der Waals surface area contributed by atoms with E-state index in [0.29, 0.717) is 12.2 Å². The predicted octanol–water partition coefficient (Wildman–Crippen LogP) is 2.39. The summed E-state index contributed by atoms with van der Waals surface area (Å²) in [6.45, 7) is 0.205. The van der Waals surface area contributed by atoms with Gasteiger partial charge in [-0.05, 0) is 41.8 Å². The Morgan fingerprint density at radius 1 is 1.08 bits per heavy atom. The maximum Gasteiger partial charge on any atom is 0.338 e. The zero-order valence-electron chi connectivity index (χ0n) is 14.4. The average Bonchev–Trinajstić information content (AvgIpc) is 2.90. The molecule has 2 aromatic carbocycles. The molecule has 5 heteroatoms. The van der Waals surface area contributed by atoms with Crippen molar-refractivity contribution in [1.82, 2.24) is 0 Å². The molecular formula is C20H22O5. The Hall–Kier alpha value is -2.53. The Labute approximate surface area is 147 Å². The van der Waals surface area contributed by atoms with Gasteiger partial charge in [-0.15, -0.1) is 0 Å². The quantitative estimate of drug-likeness (QED) is 0.817. The van der Waals surface area contributed by atoms with Crippen LogP contribution < -0.4 is 9.47 Å². The third-order valence-corrected chi connectivity index (χ3v) is 4.67. The fraction of sp³-hybridized carbons (Fsp3) is 0.350. The molecule has 0 bridgehead atoms. The van der Waals surface area contributed by atoms with Gasteiger partial charge in [0.1, 0.15) is 11.5 Å². The van der Waals surface area contributed by atoms with E-state index in [1.165, 1.54) is 0 Å². The molecule has 5 nitrogen and oxygen atoms in total. The first-order valence-electron chi connectivity index (χ1n) is 8.20. The second-order valence-electron chi connectivity index (χ2n) is 6.30. The molecule has 1 N–H and O–H groups in total. The Morgan fingerprint density at radius 2 is 1.68 bits per heavy atom. The van der Waals surface area contributed by atoms with E-state index in [-0.39, 0.29) is 18.9 Å². The number of aliphatic hydroxyl groups is 1. The minimum Gasteiger partial charge on any atom is -0.497 e. The third kappa shape index (κ3) is 3.61. The molecule has 2 atom stereocenters. The first kappa shape index (κ1) is 17.3. The molecule has 0 aromatic heterocycles. The summed E-state index contributed by atoms with van der Waals surface area (Å²) in [4.78, 5) is 12.3. The van der Waals surface area contributed by atoms with Crippen LogP contribution in [0.4, 0.5) is 0 Å². The number of carbonyl (C=O) groups excluding carboxylic acids is 1. The molecule has 1 fully saturated rings. The minimum absolute atomic E-state index is 0.192. The van der Waals surface area contributed by atoms with Crippen molar-refractivity contribution in [1.29, 1.82) is 0 Å². The SMILES string of the molecule is COc1cccc(C[C@H]2COC(=O)[C@]2(O)Cc2cccc(OC)c2)c1. The fourth-order valence-electron chi connectivity index (χ4n) is 3.23. The number of methoxy groups -OCH3 is 2. The summed E-state index contributed by atoms with van der Waals surface area (Å²) in [5.74, 6) is 0.553. The highest BCUT2D eigenvalue weighted by atomic mass is 16.6. The highest BCUT2D eigenvalue weighted by Gasteiger charge is 2.50.